The molecule has 0 saturated heterocycles. The number of nitrogens with zero attached hydrogens (tertiary/aromatic N) is 1. The molecule has 1 heterocycles. The maximum atomic E-state index is 15.3. The molecular formula is C25H24F8N2O2S. The predicted octanol–water partition coefficient (Wildman–Crippen LogP) is 7.34. The summed E-state index contributed by atoms with van der Waals surface area (Å²) in [5.74, 6) is -2.96. The number of alkyl halides is 6. The van der Waals surface area contributed by atoms with Crippen molar-refractivity contribution in [1.82, 2.24) is 9.29 Å². The number of halogens is 8. The first kappa shape index (κ1) is 28.3. The summed E-state index contributed by atoms with van der Waals surface area (Å²) in [6, 6.07) is 1.26. The lowest BCUT2D eigenvalue weighted by atomic mass is 9.95. The van der Waals surface area contributed by atoms with Crippen LogP contribution >= 0.6 is 0 Å². The molecule has 0 spiro atoms. The van der Waals surface area contributed by atoms with Gasteiger partial charge in [-0.15, -0.1) is 0 Å². The van der Waals surface area contributed by atoms with Gasteiger partial charge in [0.25, 0.3) is 0 Å². The van der Waals surface area contributed by atoms with Crippen LogP contribution < -0.4 is 4.72 Å². The molecule has 4 rings (SSSR count). The van der Waals surface area contributed by atoms with Crippen LogP contribution in [0.2, 0.25) is 0 Å². The third kappa shape index (κ3) is 5.68. The molecule has 1 fully saturated rings. The lowest BCUT2D eigenvalue weighted by molar-refractivity contribution is -0.152. The summed E-state index contributed by atoms with van der Waals surface area (Å²) in [5.41, 5.74) is -4.40. The molecule has 1 N–H and O–H groups in total. The molecule has 3 aromatic rings. The van der Waals surface area contributed by atoms with Gasteiger partial charge in [0, 0.05) is 34.8 Å². The lowest BCUT2D eigenvalue weighted by Crippen LogP contribution is -2.39. The van der Waals surface area contributed by atoms with E-state index in [9.17, 15) is 39.2 Å². The molecule has 1 aliphatic carbocycles. The Morgan fingerprint density at radius 1 is 0.974 bits per heavy atom. The highest BCUT2D eigenvalue weighted by Gasteiger charge is 2.48. The van der Waals surface area contributed by atoms with Gasteiger partial charge in [-0.05, 0) is 42.0 Å². The largest absolute Gasteiger partial charge is 0.419 e. The predicted molar refractivity (Wildman–Crippen MR) is 126 cm³/mol. The minimum Gasteiger partial charge on any atom is -0.347 e. The highest BCUT2D eigenvalue weighted by molar-refractivity contribution is 7.90. The first-order valence-corrected chi connectivity index (χ1v) is 13.1. The van der Waals surface area contributed by atoms with Crippen LogP contribution in [-0.4, -0.2) is 24.4 Å². The topological polar surface area (TPSA) is 51.1 Å². The third-order valence-corrected chi connectivity index (χ3v) is 8.03. The van der Waals surface area contributed by atoms with E-state index in [0.717, 1.165) is 24.4 Å². The number of fused-ring (bicyclic) bond motifs is 1. The van der Waals surface area contributed by atoms with Crippen molar-refractivity contribution in [2.24, 2.45) is 5.41 Å². The van der Waals surface area contributed by atoms with E-state index in [1.807, 2.05) is 0 Å². The Bertz CT molecular complexity index is 1480. The average molecular weight is 569 g/mol. The van der Waals surface area contributed by atoms with Gasteiger partial charge in [0.05, 0.1) is 10.8 Å². The molecule has 1 saturated carbocycles. The summed E-state index contributed by atoms with van der Waals surface area (Å²) < 4.78 is 141. The Kier molecular flexibility index (Phi) is 6.87. The first-order valence-electron chi connectivity index (χ1n) is 11.6. The van der Waals surface area contributed by atoms with Crippen LogP contribution in [0.25, 0.3) is 22.0 Å². The van der Waals surface area contributed by atoms with Crippen LogP contribution in [0.15, 0.2) is 36.5 Å². The fourth-order valence-electron chi connectivity index (χ4n) is 4.40. The van der Waals surface area contributed by atoms with Crippen LogP contribution in [0.4, 0.5) is 35.1 Å². The summed E-state index contributed by atoms with van der Waals surface area (Å²) in [4.78, 5) is 0. The molecule has 208 valence electrons. The van der Waals surface area contributed by atoms with Gasteiger partial charge in [0.1, 0.15) is 17.7 Å². The van der Waals surface area contributed by atoms with Crippen LogP contribution in [0.5, 0.6) is 0 Å². The van der Waals surface area contributed by atoms with E-state index < -0.39 is 73.0 Å². The zero-order valence-corrected chi connectivity index (χ0v) is 21.3. The maximum Gasteiger partial charge on any atom is 0.419 e. The molecule has 1 aromatic heterocycles. The minimum atomic E-state index is -5.18. The number of hydrogen-bond acceptors (Lipinski definition) is 2. The van der Waals surface area contributed by atoms with Gasteiger partial charge in [-0.3, -0.25) is 0 Å². The smallest absolute Gasteiger partial charge is 0.347 e. The van der Waals surface area contributed by atoms with Crippen LogP contribution in [0.1, 0.15) is 50.8 Å². The number of hydrogen-bond donors (Lipinski definition) is 1. The molecule has 0 aliphatic heterocycles. The zero-order chi connectivity index (χ0) is 28.4. The van der Waals surface area contributed by atoms with E-state index >= 15 is 4.39 Å². The Morgan fingerprint density at radius 3 is 2.13 bits per heavy atom. The SMILES string of the molecule is CC(C)(C)Cn1cc([C@H](NS(=O)(=O)C2CC2)C(F)(F)F)c2cc(F)c(-c3cccc(F)c3C(F)(F)F)cc21. The Morgan fingerprint density at radius 2 is 1.61 bits per heavy atom. The molecule has 0 bridgehead atoms. The Labute approximate surface area is 213 Å². The summed E-state index contributed by atoms with van der Waals surface area (Å²) >= 11 is 0. The number of benzene rings is 2. The fourth-order valence-corrected chi connectivity index (χ4v) is 5.94. The number of rotatable bonds is 6. The zero-order valence-electron chi connectivity index (χ0n) is 20.4. The fraction of sp³-hybridized carbons (Fsp3) is 0.440. The van der Waals surface area contributed by atoms with Crippen molar-refractivity contribution in [3.63, 3.8) is 0 Å². The lowest BCUT2D eigenvalue weighted by Gasteiger charge is -2.22. The Hall–Kier alpha value is -2.67. The standard InChI is InChI=1S/C25H24F8N2O2S/c1-23(2,3)12-35-11-17(22(25(31,32)33)34-38(36,37)13-7-8-13)16-9-19(27)15(10-20(16)35)14-5-4-6-18(26)21(14)24(28,29)30/h4-6,9-11,13,22,34H,7-8,12H2,1-3H3/t22-/m0/s1. The van der Waals surface area contributed by atoms with Crippen molar-refractivity contribution in [1.29, 1.82) is 0 Å². The van der Waals surface area contributed by atoms with Gasteiger partial charge in [0.15, 0.2) is 0 Å². The number of sulfonamides is 1. The molecular weight excluding hydrogens is 544 g/mol. The van der Waals surface area contributed by atoms with Gasteiger partial charge in [-0.1, -0.05) is 32.9 Å². The second-order valence-corrected chi connectivity index (χ2v) is 12.6. The van der Waals surface area contributed by atoms with E-state index in [1.54, 1.807) is 25.5 Å². The van der Waals surface area contributed by atoms with Crippen LogP contribution in [0, 0.1) is 17.0 Å². The van der Waals surface area contributed by atoms with Gasteiger partial charge in [0.2, 0.25) is 10.0 Å². The summed E-state index contributed by atoms with van der Waals surface area (Å²) in [7, 11) is -4.34. The van der Waals surface area contributed by atoms with Gasteiger partial charge in [-0.25, -0.2) is 17.2 Å². The summed E-state index contributed by atoms with van der Waals surface area (Å²) in [6.07, 6.45) is -8.84. The van der Waals surface area contributed by atoms with Crippen LogP contribution in [-0.2, 0) is 22.7 Å². The van der Waals surface area contributed by atoms with E-state index in [2.05, 4.69) is 0 Å². The average Bonchev–Trinajstić information content (AvgIpc) is 3.54. The molecule has 1 atom stereocenters. The molecule has 4 nitrogen and oxygen atoms in total. The van der Waals surface area contributed by atoms with Crippen molar-refractivity contribution in [3.05, 3.63) is 59.3 Å². The van der Waals surface area contributed by atoms with E-state index in [1.165, 1.54) is 4.57 Å². The van der Waals surface area contributed by atoms with Crippen molar-refractivity contribution in [2.45, 2.75) is 63.8 Å². The van der Waals surface area contributed by atoms with E-state index in [0.29, 0.717) is 12.1 Å². The van der Waals surface area contributed by atoms with Crippen molar-refractivity contribution in [2.75, 3.05) is 0 Å². The molecule has 38 heavy (non-hydrogen) atoms. The highest BCUT2D eigenvalue weighted by Crippen LogP contribution is 2.44. The van der Waals surface area contributed by atoms with E-state index in [4.69, 9.17) is 0 Å². The second-order valence-electron chi connectivity index (χ2n) is 10.6. The first-order chi connectivity index (χ1) is 17.3. The highest BCUT2D eigenvalue weighted by atomic mass is 32.2. The Balaban J connectivity index is 1.99. The molecule has 0 radical (unpaired) electrons. The minimum absolute atomic E-state index is 0.0593. The van der Waals surface area contributed by atoms with Crippen LogP contribution in [0.3, 0.4) is 0 Å². The summed E-state index contributed by atoms with van der Waals surface area (Å²) in [5, 5.41) is -1.30. The number of aromatic nitrogens is 1. The second kappa shape index (κ2) is 9.22. The molecule has 0 amide bonds. The maximum absolute atomic E-state index is 15.3. The van der Waals surface area contributed by atoms with Crippen molar-refractivity contribution < 1.29 is 43.5 Å². The molecule has 2 aromatic carbocycles. The van der Waals surface area contributed by atoms with Gasteiger partial charge < -0.3 is 4.57 Å². The molecule has 13 heteroatoms. The molecule has 0 unspecified atom stereocenters. The van der Waals surface area contributed by atoms with Gasteiger partial charge >= 0.3 is 12.4 Å². The monoisotopic (exact) mass is 568 g/mol. The van der Waals surface area contributed by atoms with Crippen molar-refractivity contribution >= 4 is 20.9 Å². The van der Waals surface area contributed by atoms with Gasteiger partial charge in [-0.2, -0.15) is 31.1 Å². The van der Waals surface area contributed by atoms with E-state index in [-0.39, 0.29) is 30.3 Å². The third-order valence-electron chi connectivity index (χ3n) is 6.12. The normalized spacial score (nSPS) is 16.3. The van der Waals surface area contributed by atoms with Crippen molar-refractivity contribution in [3.8, 4) is 11.1 Å². The summed E-state index contributed by atoms with van der Waals surface area (Å²) in [6.45, 7) is 5.33. The number of nitrogens with one attached hydrogen (secondary N) is 1. The molecule has 1 aliphatic rings. The quantitative estimate of drug-likeness (QED) is 0.317.